The van der Waals surface area contributed by atoms with Gasteiger partial charge in [-0.3, -0.25) is 9.69 Å². The number of amides is 1. The highest BCUT2D eigenvalue weighted by atomic mass is 32.2. The zero-order valence-electron chi connectivity index (χ0n) is 15.6. The maximum absolute atomic E-state index is 13.0. The summed E-state index contributed by atoms with van der Waals surface area (Å²) in [6.07, 6.45) is 4.25. The van der Waals surface area contributed by atoms with Crippen molar-refractivity contribution in [1.82, 2.24) is 4.90 Å². The molecule has 2 heterocycles. The molecule has 1 aromatic carbocycles. The third kappa shape index (κ3) is 3.71. The van der Waals surface area contributed by atoms with Crippen LogP contribution in [0.25, 0.3) is 0 Å². The molecule has 5 nitrogen and oxygen atoms in total. The lowest BCUT2D eigenvalue weighted by Gasteiger charge is -2.33. The quantitative estimate of drug-likeness (QED) is 0.406. The van der Waals surface area contributed by atoms with E-state index in [0.717, 1.165) is 10.5 Å². The molecule has 2 unspecified atom stereocenters. The van der Waals surface area contributed by atoms with Crippen LogP contribution in [0, 0.1) is 0 Å². The molecular weight excluding hydrogens is 380 g/mol. The lowest BCUT2D eigenvalue weighted by molar-refractivity contribution is -0.139. The number of esters is 1. The number of benzene rings is 1. The molecule has 0 N–H and O–H groups in total. The zero-order chi connectivity index (χ0) is 19.6. The molecule has 27 heavy (non-hydrogen) atoms. The normalized spacial score (nSPS) is 21.8. The molecule has 1 aromatic rings. The minimum Gasteiger partial charge on any atom is -0.458 e. The van der Waals surface area contributed by atoms with E-state index in [9.17, 15) is 9.59 Å². The second-order valence-electron chi connectivity index (χ2n) is 6.18. The second kappa shape index (κ2) is 8.35. The number of hydrogen-bond acceptors (Lipinski definition) is 6. The Morgan fingerprint density at radius 2 is 2.11 bits per heavy atom. The van der Waals surface area contributed by atoms with Gasteiger partial charge in [-0.15, -0.1) is 11.8 Å². The van der Waals surface area contributed by atoms with Crippen molar-refractivity contribution in [2.45, 2.75) is 36.5 Å². The van der Waals surface area contributed by atoms with E-state index in [0.29, 0.717) is 22.9 Å². The van der Waals surface area contributed by atoms with Crippen LogP contribution in [0.15, 0.2) is 58.1 Å². The van der Waals surface area contributed by atoms with Crippen molar-refractivity contribution < 1.29 is 14.3 Å². The summed E-state index contributed by atoms with van der Waals surface area (Å²) in [6, 6.07) is 7.40. The first kappa shape index (κ1) is 19.8. The van der Waals surface area contributed by atoms with E-state index in [4.69, 9.17) is 4.74 Å². The summed E-state index contributed by atoms with van der Waals surface area (Å²) in [5.74, 6) is -0.478. The summed E-state index contributed by atoms with van der Waals surface area (Å²) in [4.78, 5) is 33.1. The molecule has 0 saturated carbocycles. The number of carbonyl (C=O) groups excluding carboxylic acids is 2. The maximum atomic E-state index is 13.0. The fourth-order valence-electron chi connectivity index (χ4n) is 3.16. The minimum absolute atomic E-state index is 0.0123. The van der Waals surface area contributed by atoms with Crippen molar-refractivity contribution >= 4 is 40.6 Å². The van der Waals surface area contributed by atoms with E-state index in [-0.39, 0.29) is 17.8 Å². The van der Waals surface area contributed by atoms with Gasteiger partial charge in [0.1, 0.15) is 6.61 Å². The molecule has 1 amide bonds. The third-order valence-corrected chi connectivity index (χ3v) is 6.57. The lowest BCUT2D eigenvalue weighted by Crippen LogP contribution is -2.40. The van der Waals surface area contributed by atoms with E-state index in [2.05, 4.69) is 11.6 Å². The fraction of sp³-hybridized carbons (Fsp3) is 0.350. The van der Waals surface area contributed by atoms with Crippen LogP contribution in [0.3, 0.4) is 0 Å². The Hall–Kier alpha value is -1.99. The number of aliphatic imine (C=N–C) groups is 1. The molecule has 2 aliphatic rings. The molecule has 1 saturated heterocycles. The molecular formula is C20H22N2O3S2. The minimum atomic E-state index is -0.526. The number of ether oxygens (including phenoxy) is 1. The first-order chi connectivity index (χ1) is 13.0. The molecule has 0 radical (unpaired) electrons. The van der Waals surface area contributed by atoms with Crippen molar-refractivity contribution in [2.75, 3.05) is 12.9 Å². The van der Waals surface area contributed by atoms with Crippen molar-refractivity contribution in [2.24, 2.45) is 4.99 Å². The van der Waals surface area contributed by atoms with Crippen LogP contribution in [0.1, 0.15) is 31.9 Å². The molecule has 0 aromatic heterocycles. The van der Waals surface area contributed by atoms with Gasteiger partial charge in [-0.05, 0) is 37.3 Å². The number of carbonyl (C=O) groups is 2. The summed E-state index contributed by atoms with van der Waals surface area (Å²) < 4.78 is 5.30. The molecule has 3 rings (SSSR count). The number of hydrogen-bond donors (Lipinski definition) is 0. The average Bonchev–Trinajstić information content (AvgIpc) is 3.00. The Bertz CT molecular complexity index is 830. The first-order valence-corrected chi connectivity index (χ1v) is 10.8. The monoisotopic (exact) mass is 402 g/mol. The Morgan fingerprint density at radius 3 is 2.70 bits per heavy atom. The number of nitrogens with zero attached hydrogens (tertiary/aromatic N) is 2. The summed E-state index contributed by atoms with van der Waals surface area (Å²) in [5, 5.41) is 0.483. The van der Waals surface area contributed by atoms with Crippen LogP contribution >= 0.6 is 23.5 Å². The van der Waals surface area contributed by atoms with Crippen molar-refractivity contribution in [3.63, 3.8) is 0 Å². The number of rotatable bonds is 6. The van der Waals surface area contributed by atoms with Gasteiger partial charge in [-0.2, -0.15) is 0 Å². The smallest absolute Gasteiger partial charge is 0.338 e. The Kier molecular flexibility index (Phi) is 6.11. The van der Waals surface area contributed by atoms with Crippen molar-refractivity contribution in [1.29, 1.82) is 0 Å². The van der Waals surface area contributed by atoms with E-state index in [1.54, 1.807) is 23.6 Å². The number of thioether (sulfide) groups is 2. The number of allylic oxidation sites excluding steroid dienone is 1. The van der Waals surface area contributed by atoms with Crippen LogP contribution in [-0.4, -0.2) is 40.1 Å². The zero-order valence-corrected chi connectivity index (χ0v) is 17.2. The predicted molar refractivity (Wildman–Crippen MR) is 111 cm³/mol. The molecule has 1 fully saturated rings. The van der Waals surface area contributed by atoms with Gasteiger partial charge in [-0.1, -0.05) is 43.5 Å². The maximum Gasteiger partial charge on any atom is 0.338 e. The van der Waals surface area contributed by atoms with Crippen LogP contribution in [0.4, 0.5) is 0 Å². The van der Waals surface area contributed by atoms with Gasteiger partial charge >= 0.3 is 5.97 Å². The molecule has 0 aliphatic carbocycles. The van der Waals surface area contributed by atoms with Gasteiger partial charge in [0, 0.05) is 4.90 Å². The fourth-order valence-corrected chi connectivity index (χ4v) is 4.71. The Labute approximate surface area is 167 Å². The van der Waals surface area contributed by atoms with Gasteiger partial charge in [-0.25, -0.2) is 9.79 Å². The van der Waals surface area contributed by atoms with Crippen molar-refractivity contribution in [3.8, 4) is 0 Å². The first-order valence-electron chi connectivity index (χ1n) is 8.73. The third-order valence-electron chi connectivity index (χ3n) is 4.51. The van der Waals surface area contributed by atoms with E-state index < -0.39 is 12.0 Å². The van der Waals surface area contributed by atoms with E-state index >= 15 is 0 Å². The summed E-state index contributed by atoms with van der Waals surface area (Å²) in [5.41, 5.74) is 1.87. The second-order valence-corrected chi connectivity index (χ2v) is 8.23. The molecule has 2 aliphatic heterocycles. The Morgan fingerprint density at radius 1 is 1.41 bits per heavy atom. The average molecular weight is 403 g/mol. The largest absolute Gasteiger partial charge is 0.458 e. The van der Waals surface area contributed by atoms with Crippen LogP contribution in [0.2, 0.25) is 0 Å². The highest BCUT2D eigenvalue weighted by Crippen LogP contribution is 2.44. The van der Waals surface area contributed by atoms with Gasteiger partial charge in [0.05, 0.1) is 22.6 Å². The topological polar surface area (TPSA) is 59.0 Å². The molecule has 7 heteroatoms. The van der Waals surface area contributed by atoms with Crippen LogP contribution in [-0.2, 0) is 14.3 Å². The van der Waals surface area contributed by atoms with Gasteiger partial charge < -0.3 is 4.74 Å². The highest BCUT2D eigenvalue weighted by molar-refractivity contribution is 8.15. The van der Waals surface area contributed by atoms with E-state index in [1.165, 1.54) is 17.8 Å². The molecule has 2 atom stereocenters. The van der Waals surface area contributed by atoms with Gasteiger partial charge in [0.25, 0.3) is 0 Å². The summed E-state index contributed by atoms with van der Waals surface area (Å²) in [7, 11) is 0. The van der Waals surface area contributed by atoms with E-state index in [1.807, 2.05) is 37.4 Å². The van der Waals surface area contributed by atoms with Crippen LogP contribution < -0.4 is 0 Å². The lowest BCUT2D eigenvalue weighted by atomic mass is 9.94. The predicted octanol–water partition coefficient (Wildman–Crippen LogP) is 4.18. The summed E-state index contributed by atoms with van der Waals surface area (Å²) in [6.45, 7) is 7.48. The molecule has 0 bridgehead atoms. The number of fused-ring (bicyclic) bond motifs is 1. The van der Waals surface area contributed by atoms with Crippen LogP contribution in [0.5, 0.6) is 0 Å². The standard InChI is InChI=1S/C20H22N2O3S2/c1-5-11-25-19(24)16-12(3)21-20-22(18(23)15(6-2)27-20)17(16)13-7-9-14(26-4)10-8-13/h5,7-10,15,17H,1,6,11H2,2-4H3. The molecule has 142 valence electrons. The van der Waals surface area contributed by atoms with Crippen molar-refractivity contribution in [3.05, 3.63) is 53.8 Å². The Balaban J connectivity index is 2.09. The number of amidine groups is 1. The van der Waals surface area contributed by atoms with Gasteiger partial charge in [0.2, 0.25) is 5.91 Å². The SMILES string of the molecule is C=CCOC(=O)C1=C(C)N=C2SC(CC)C(=O)N2C1c1ccc(SC)cc1. The van der Waals surface area contributed by atoms with Gasteiger partial charge in [0.15, 0.2) is 5.17 Å². The highest BCUT2D eigenvalue weighted by Gasteiger charge is 2.47. The summed E-state index contributed by atoms with van der Waals surface area (Å²) >= 11 is 3.11. The molecule has 0 spiro atoms.